The molecule has 0 amide bonds. The van der Waals surface area contributed by atoms with Crippen LogP contribution in [-0.4, -0.2) is 44.3 Å². The molecule has 24 heavy (non-hydrogen) atoms. The Morgan fingerprint density at radius 2 is 2.00 bits per heavy atom. The predicted molar refractivity (Wildman–Crippen MR) is 106 cm³/mol. The summed E-state index contributed by atoms with van der Waals surface area (Å²) in [5, 5.41) is 6.63. The Morgan fingerprint density at radius 1 is 1.17 bits per heavy atom. The molecule has 0 atom stereocenters. The highest BCUT2D eigenvalue weighted by Gasteiger charge is 2.01. The molecule has 0 fully saturated rings. The third kappa shape index (κ3) is 8.30. The van der Waals surface area contributed by atoms with E-state index in [9.17, 15) is 0 Å². The molecule has 0 aliphatic heterocycles. The number of guanidine groups is 1. The molecule has 132 valence electrons. The number of methoxy groups -OCH3 is 1. The zero-order valence-corrected chi connectivity index (χ0v) is 16.2. The Morgan fingerprint density at radius 3 is 2.67 bits per heavy atom. The van der Waals surface area contributed by atoms with E-state index in [-0.39, 0.29) is 24.0 Å². The number of ether oxygens (including phenoxy) is 1. The summed E-state index contributed by atoms with van der Waals surface area (Å²) < 4.78 is 10.4. The zero-order valence-electron chi connectivity index (χ0n) is 13.9. The highest BCUT2D eigenvalue weighted by molar-refractivity contribution is 14.0. The molecule has 0 spiro atoms. The van der Waals surface area contributed by atoms with Gasteiger partial charge >= 0.3 is 0 Å². The lowest BCUT2D eigenvalue weighted by Crippen LogP contribution is -2.39. The van der Waals surface area contributed by atoms with E-state index >= 15 is 0 Å². The van der Waals surface area contributed by atoms with Crippen LogP contribution in [0.2, 0.25) is 0 Å². The first-order valence-corrected chi connectivity index (χ1v) is 7.82. The maximum absolute atomic E-state index is 5.32. The van der Waals surface area contributed by atoms with Crippen LogP contribution in [0.25, 0.3) is 0 Å². The van der Waals surface area contributed by atoms with Gasteiger partial charge in [-0.15, -0.1) is 24.0 Å². The van der Waals surface area contributed by atoms with Crippen LogP contribution in [-0.2, 0) is 17.6 Å². The van der Waals surface area contributed by atoms with E-state index in [1.54, 1.807) is 13.4 Å². The molecular weight excluding hydrogens is 419 g/mol. The van der Waals surface area contributed by atoms with Crippen molar-refractivity contribution in [3.05, 3.63) is 54.2 Å². The number of pyridine rings is 1. The van der Waals surface area contributed by atoms with E-state index in [1.807, 2.05) is 36.5 Å². The van der Waals surface area contributed by atoms with E-state index in [1.165, 1.54) is 0 Å². The molecule has 0 saturated heterocycles. The molecule has 0 saturated carbocycles. The first kappa shape index (κ1) is 20.4. The Labute approximate surface area is 160 Å². The van der Waals surface area contributed by atoms with Crippen LogP contribution in [0.4, 0.5) is 0 Å². The molecule has 0 unspecified atom stereocenters. The number of nitrogens with zero attached hydrogens (tertiary/aromatic N) is 2. The van der Waals surface area contributed by atoms with Gasteiger partial charge in [0.25, 0.3) is 0 Å². The van der Waals surface area contributed by atoms with Crippen LogP contribution in [0.3, 0.4) is 0 Å². The van der Waals surface area contributed by atoms with Crippen molar-refractivity contribution in [1.82, 2.24) is 15.6 Å². The summed E-state index contributed by atoms with van der Waals surface area (Å²) in [5.41, 5.74) is 1.06. The number of aliphatic imine (C=N–C) groups is 1. The molecule has 0 aliphatic rings. The topological polar surface area (TPSA) is 71.7 Å². The molecule has 0 aliphatic carbocycles. The zero-order chi connectivity index (χ0) is 16.2. The van der Waals surface area contributed by atoms with Gasteiger partial charge in [0.1, 0.15) is 5.76 Å². The number of furan rings is 1. The van der Waals surface area contributed by atoms with Gasteiger partial charge in [-0.25, -0.2) is 0 Å². The van der Waals surface area contributed by atoms with Gasteiger partial charge in [0.15, 0.2) is 5.96 Å². The summed E-state index contributed by atoms with van der Waals surface area (Å²) >= 11 is 0. The van der Waals surface area contributed by atoms with Crippen molar-refractivity contribution in [2.45, 2.75) is 12.8 Å². The number of nitrogens with one attached hydrogen (secondary N) is 2. The fourth-order valence-corrected chi connectivity index (χ4v) is 2.04. The highest BCUT2D eigenvalue weighted by Crippen LogP contribution is 1.99. The number of halogens is 1. The van der Waals surface area contributed by atoms with Gasteiger partial charge < -0.3 is 19.8 Å². The minimum absolute atomic E-state index is 0. The fourth-order valence-electron chi connectivity index (χ4n) is 2.04. The average Bonchev–Trinajstić information content (AvgIpc) is 3.09. The Kier molecular flexibility index (Phi) is 10.9. The average molecular weight is 444 g/mol. The second-order valence-corrected chi connectivity index (χ2v) is 4.98. The van der Waals surface area contributed by atoms with Crippen LogP contribution < -0.4 is 10.6 Å². The molecule has 0 bridgehead atoms. The third-order valence-corrected chi connectivity index (χ3v) is 3.21. The first-order chi connectivity index (χ1) is 11.4. The largest absolute Gasteiger partial charge is 0.469 e. The molecule has 0 radical (unpaired) electrons. The SMILES string of the molecule is COCCN=C(NCCc1ccccn1)NCCc1ccco1.I. The molecule has 6 nitrogen and oxygen atoms in total. The predicted octanol–water partition coefficient (Wildman–Crippen LogP) is 2.26. The third-order valence-electron chi connectivity index (χ3n) is 3.21. The highest BCUT2D eigenvalue weighted by atomic mass is 127. The van der Waals surface area contributed by atoms with Gasteiger partial charge in [0.05, 0.1) is 19.4 Å². The molecule has 7 heteroatoms. The number of rotatable bonds is 9. The molecule has 0 aromatic carbocycles. The lowest BCUT2D eigenvalue weighted by Gasteiger charge is -2.12. The van der Waals surface area contributed by atoms with Crippen molar-refractivity contribution in [1.29, 1.82) is 0 Å². The molecule has 2 N–H and O–H groups in total. The smallest absolute Gasteiger partial charge is 0.191 e. The molecule has 2 aromatic rings. The summed E-state index contributed by atoms with van der Waals surface area (Å²) in [6, 6.07) is 9.81. The van der Waals surface area contributed by atoms with E-state index in [0.29, 0.717) is 13.2 Å². The van der Waals surface area contributed by atoms with E-state index < -0.39 is 0 Å². The minimum Gasteiger partial charge on any atom is -0.469 e. The standard InChI is InChI=1S/C17H24N4O2.HI/c1-22-14-12-21-17(20-11-8-16-6-4-13-23-16)19-10-7-15-5-2-3-9-18-15;/h2-6,9,13H,7-8,10-12,14H2,1H3,(H2,19,20,21);1H. The van der Waals surface area contributed by atoms with Gasteiger partial charge in [-0.3, -0.25) is 9.98 Å². The normalized spacial score (nSPS) is 11.0. The minimum atomic E-state index is 0. The van der Waals surface area contributed by atoms with Crippen molar-refractivity contribution in [2.24, 2.45) is 4.99 Å². The Hall–Kier alpha value is -1.61. The van der Waals surface area contributed by atoms with Crippen molar-refractivity contribution in [3.63, 3.8) is 0 Å². The second-order valence-electron chi connectivity index (χ2n) is 4.98. The van der Waals surface area contributed by atoms with E-state index in [4.69, 9.17) is 9.15 Å². The van der Waals surface area contributed by atoms with Gasteiger partial charge in [-0.05, 0) is 24.3 Å². The van der Waals surface area contributed by atoms with Crippen LogP contribution >= 0.6 is 24.0 Å². The summed E-state index contributed by atoms with van der Waals surface area (Å²) in [6.07, 6.45) is 5.17. The van der Waals surface area contributed by atoms with Crippen molar-refractivity contribution in [2.75, 3.05) is 33.4 Å². The van der Waals surface area contributed by atoms with Gasteiger partial charge in [-0.2, -0.15) is 0 Å². The Bertz CT molecular complexity index is 561. The van der Waals surface area contributed by atoms with Crippen LogP contribution in [0.5, 0.6) is 0 Å². The van der Waals surface area contributed by atoms with E-state index in [0.717, 1.165) is 43.3 Å². The van der Waals surface area contributed by atoms with Crippen molar-refractivity contribution >= 4 is 29.9 Å². The van der Waals surface area contributed by atoms with Crippen LogP contribution in [0.15, 0.2) is 52.2 Å². The summed E-state index contributed by atoms with van der Waals surface area (Å²) in [5.74, 6) is 1.74. The monoisotopic (exact) mass is 444 g/mol. The number of hydrogen-bond donors (Lipinski definition) is 2. The van der Waals surface area contributed by atoms with Gasteiger partial charge in [-0.1, -0.05) is 6.07 Å². The molecule has 2 heterocycles. The van der Waals surface area contributed by atoms with Crippen LogP contribution in [0, 0.1) is 0 Å². The van der Waals surface area contributed by atoms with Crippen LogP contribution in [0.1, 0.15) is 11.5 Å². The number of hydrogen-bond acceptors (Lipinski definition) is 4. The number of aromatic nitrogens is 1. The molecular formula is C17H25IN4O2. The van der Waals surface area contributed by atoms with Crippen molar-refractivity contribution in [3.8, 4) is 0 Å². The fraction of sp³-hybridized carbons (Fsp3) is 0.412. The summed E-state index contributed by atoms with van der Waals surface area (Å²) in [4.78, 5) is 8.80. The van der Waals surface area contributed by atoms with Gasteiger partial charge in [0.2, 0.25) is 0 Å². The maximum atomic E-state index is 5.32. The summed E-state index contributed by atoms with van der Waals surface area (Å²) in [7, 11) is 1.67. The van der Waals surface area contributed by atoms with Crippen molar-refractivity contribution < 1.29 is 9.15 Å². The second kappa shape index (κ2) is 12.8. The Balaban J connectivity index is 0.00000288. The van der Waals surface area contributed by atoms with E-state index in [2.05, 4.69) is 20.6 Å². The molecule has 2 rings (SSSR count). The summed E-state index contributed by atoms with van der Waals surface area (Å²) in [6.45, 7) is 2.76. The first-order valence-electron chi connectivity index (χ1n) is 7.82. The maximum Gasteiger partial charge on any atom is 0.191 e. The molecule has 2 aromatic heterocycles. The lowest BCUT2D eigenvalue weighted by atomic mass is 10.3. The van der Waals surface area contributed by atoms with Gasteiger partial charge in [0, 0.05) is 44.9 Å². The quantitative estimate of drug-likeness (QED) is 0.269. The lowest BCUT2D eigenvalue weighted by molar-refractivity contribution is 0.208.